The van der Waals surface area contributed by atoms with Gasteiger partial charge < -0.3 is 0 Å². The van der Waals surface area contributed by atoms with Crippen LogP contribution in [0.2, 0.25) is 0 Å². The maximum Gasteiger partial charge on any atom is 0.416 e. The summed E-state index contributed by atoms with van der Waals surface area (Å²) in [4.78, 5) is 0. The molecule has 0 bridgehead atoms. The lowest BCUT2D eigenvalue weighted by atomic mass is 10.1. The monoisotopic (exact) mass is 287 g/mol. The van der Waals surface area contributed by atoms with E-state index >= 15 is 0 Å². The van der Waals surface area contributed by atoms with Crippen molar-refractivity contribution in [1.29, 1.82) is 0 Å². The fourth-order valence-corrected chi connectivity index (χ4v) is 2.01. The molecule has 1 heterocycles. The normalized spacial score (nSPS) is 12.1. The van der Waals surface area contributed by atoms with Crippen LogP contribution >= 0.6 is 12.2 Å². The van der Waals surface area contributed by atoms with Gasteiger partial charge in [0, 0.05) is 5.92 Å². The smallest absolute Gasteiger partial charge is 0.272 e. The maximum atomic E-state index is 12.7. The molecular weight excluding hydrogens is 275 g/mol. The molecule has 0 atom stereocenters. The summed E-state index contributed by atoms with van der Waals surface area (Å²) < 4.78 is 39.9. The van der Waals surface area contributed by atoms with E-state index < -0.39 is 11.7 Å². The number of halogens is 3. The van der Waals surface area contributed by atoms with Crippen LogP contribution in [0.15, 0.2) is 24.3 Å². The Balaban J connectivity index is 2.60. The average molecular weight is 287 g/mol. The molecule has 2 rings (SSSR count). The van der Waals surface area contributed by atoms with Gasteiger partial charge in [-0.25, -0.2) is 0 Å². The summed E-state index contributed by atoms with van der Waals surface area (Å²) in [6.45, 7) is 3.80. The third kappa shape index (κ3) is 2.70. The van der Waals surface area contributed by atoms with Crippen molar-refractivity contribution in [3.63, 3.8) is 0 Å². The van der Waals surface area contributed by atoms with Crippen LogP contribution < -0.4 is 0 Å². The van der Waals surface area contributed by atoms with E-state index in [9.17, 15) is 13.2 Å². The maximum absolute atomic E-state index is 12.7. The Bertz CT molecular complexity index is 640. The van der Waals surface area contributed by atoms with E-state index in [4.69, 9.17) is 12.2 Å². The van der Waals surface area contributed by atoms with Gasteiger partial charge in [-0.2, -0.15) is 18.3 Å². The Labute approximate surface area is 113 Å². The second-order valence-corrected chi connectivity index (χ2v) is 4.81. The van der Waals surface area contributed by atoms with Crippen molar-refractivity contribution in [2.24, 2.45) is 0 Å². The molecule has 0 aliphatic rings. The highest BCUT2D eigenvalue weighted by atomic mass is 32.1. The molecule has 19 heavy (non-hydrogen) atoms. The Morgan fingerprint density at radius 2 is 2.00 bits per heavy atom. The molecule has 1 aromatic heterocycles. The molecule has 3 nitrogen and oxygen atoms in total. The van der Waals surface area contributed by atoms with Crippen LogP contribution in [0.4, 0.5) is 13.2 Å². The van der Waals surface area contributed by atoms with Crippen molar-refractivity contribution in [2.75, 3.05) is 0 Å². The number of benzene rings is 1. The molecule has 0 spiro atoms. The van der Waals surface area contributed by atoms with Crippen LogP contribution in [-0.2, 0) is 6.18 Å². The zero-order valence-corrected chi connectivity index (χ0v) is 11.1. The van der Waals surface area contributed by atoms with Crippen molar-refractivity contribution < 1.29 is 13.2 Å². The Morgan fingerprint density at radius 1 is 1.32 bits per heavy atom. The number of H-pyrrole nitrogens is 1. The first-order valence-electron chi connectivity index (χ1n) is 5.65. The van der Waals surface area contributed by atoms with Crippen LogP contribution in [0.5, 0.6) is 0 Å². The van der Waals surface area contributed by atoms with Gasteiger partial charge in [0.1, 0.15) is 5.82 Å². The van der Waals surface area contributed by atoms with Gasteiger partial charge in [0.05, 0.1) is 11.3 Å². The molecule has 0 saturated carbocycles. The SMILES string of the molecule is CC(C)c1n[nH]c(=S)n1-c1cccc(C(F)(F)F)c1. The number of nitrogens with zero attached hydrogens (tertiary/aromatic N) is 2. The number of rotatable bonds is 2. The average Bonchev–Trinajstić information content (AvgIpc) is 2.70. The van der Waals surface area contributed by atoms with E-state index in [0.717, 1.165) is 12.1 Å². The number of hydrogen-bond acceptors (Lipinski definition) is 2. The number of alkyl halides is 3. The Kier molecular flexibility index (Phi) is 3.49. The molecule has 0 aliphatic carbocycles. The molecule has 1 N–H and O–H groups in total. The van der Waals surface area contributed by atoms with Gasteiger partial charge in [0.15, 0.2) is 4.77 Å². The minimum Gasteiger partial charge on any atom is -0.272 e. The third-order valence-corrected chi connectivity index (χ3v) is 2.92. The molecule has 0 unspecified atom stereocenters. The summed E-state index contributed by atoms with van der Waals surface area (Å²) in [7, 11) is 0. The molecule has 102 valence electrons. The minimum atomic E-state index is -4.38. The van der Waals surface area contributed by atoms with E-state index in [2.05, 4.69) is 10.2 Å². The number of aromatic nitrogens is 3. The highest BCUT2D eigenvalue weighted by Crippen LogP contribution is 2.30. The van der Waals surface area contributed by atoms with Gasteiger partial charge in [-0.15, -0.1) is 0 Å². The molecule has 0 aliphatic heterocycles. The first-order chi connectivity index (χ1) is 8.80. The summed E-state index contributed by atoms with van der Waals surface area (Å²) in [5.41, 5.74) is -0.347. The quantitative estimate of drug-likeness (QED) is 0.845. The fourth-order valence-electron chi connectivity index (χ4n) is 1.77. The second kappa shape index (κ2) is 4.80. The summed E-state index contributed by atoms with van der Waals surface area (Å²) >= 11 is 5.07. The Morgan fingerprint density at radius 3 is 2.58 bits per heavy atom. The molecule has 2 aromatic rings. The minimum absolute atomic E-state index is 0.0440. The van der Waals surface area contributed by atoms with Crippen molar-refractivity contribution in [3.05, 3.63) is 40.4 Å². The highest BCUT2D eigenvalue weighted by Gasteiger charge is 2.30. The topological polar surface area (TPSA) is 33.6 Å². The van der Waals surface area contributed by atoms with Crippen LogP contribution in [-0.4, -0.2) is 14.8 Å². The lowest BCUT2D eigenvalue weighted by Gasteiger charge is -2.12. The van der Waals surface area contributed by atoms with Gasteiger partial charge in [0.2, 0.25) is 0 Å². The second-order valence-electron chi connectivity index (χ2n) is 4.43. The van der Waals surface area contributed by atoms with Crippen LogP contribution in [0.3, 0.4) is 0 Å². The summed E-state index contributed by atoms with van der Waals surface area (Å²) in [5.74, 6) is 0.645. The molecular formula is C12H12F3N3S. The van der Waals surface area contributed by atoms with E-state index in [0.29, 0.717) is 11.5 Å². The summed E-state index contributed by atoms with van der Waals surface area (Å²) in [6.07, 6.45) is -4.38. The molecule has 0 amide bonds. The predicted molar refractivity (Wildman–Crippen MR) is 67.8 cm³/mol. The van der Waals surface area contributed by atoms with Gasteiger partial charge in [-0.3, -0.25) is 9.67 Å². The molecule has 0 radical (unpaired) electrons. The molecule has 0 saturated heterocycles. The van der Waals surface area contributed by atoms with Crippen LogP contribution in [0.25, 0.3) is 5.69 Å². The molecule has 0 fully saturated rings. The van der Waals surface area contributed by atoms with Crippen molar-refractivity contribution >= 4 is 12.2 Å². The zero-order chi connectivity index (χ0) is 14.2. The lowest BCUT2D eigenvalue weighted by molar-refractivity contribution is -0.137. The molecule has 1 aromatic carbocycles. The highest BCUT2D eigenvalue weighted by molar-refractivity contribution is 7.71. The van der Waals surface area contributed by atoms with Crippen molar-refractivity contribution in [3.8, 4) is 5.69 Å². The van der Waals surface area contributed by atoms with Crippen molar-refractivity contribution in [1.82, 2.24) is 14.8 Å². The van der Waals surface area contributed by atoms with E-state index in [1.165, 1.54) is 10.6 Å². The zero-order valence-electron chi connectivity index (χ0n) is 10.3. The third-order valence-electron chi connectivity index (χ3n) is 2.65. The summed E-state index contributed by atoms with van der Waals surface area (Å²) in [5, 5.41) is 6.66. The van der Waals surface area contributed by atoms with E-state index in [-0.39, 0.29) is 10.7 Å². The van der Waals surface area contributed by atoms with Crippen LogP contribution in [0, 0.1) is 4.77 Å². The van der Waals surface area contributed by atoms with E-state index in [1.54, 1.807) is 6.07 Å². The van der Waals surface area contributed by atoms with Crippen LogP contribution in [0.1, 0.15) is 31.2 Å². The number of nitrogens with one attached hydrogen (secondary N) is 1. The lowest BCUT2D eigenvalue weighted by Crippen LogP contribution is -2.08. The first-order valence-corrected chi connectivity index (χ1v) is 6.06. The number of aromatic amines is 1. The Hall–Kier alpha value is -1.63. The molecule has 7 heteroatoms. The summed E-state index contributed by atoms with van der Waals surface area (Å²) in [6, 6.07) is 5.03. The predicted octanol–water partition coefficient (Wildman–Crippen LogP) is 4.07. The van der Waals surface area contributed by atoms with Gasteiger partial charge in [-0.05, 0) is 30.4 Å². The van der Waals surface area contributed by atoms with Gasteiger partial charge >= 0.3 is 6.18 Å². The number of hydrogen-bond donors (Lipinski definition) is 1. The largest absolute Gasteiger partial charge is 0.416 e. The van der Waals surface area contributed by atoms with E-state index in [1.807, 2.05) is 13.8 Å². The van der Waals surface area contributed by atoms with Crippen molar-refractivity contribution in [2.45, 2.75) is 25.9 Å². The standard InChI is InChI=1S/C12H12F3N3S/c1-7(2)10-16-17-11(19)18(10)9-5-3-4-8(6-9)12(13,14)15/h3-7H,1-2H3,(H,17,19). The van der Waals surface area contributed by atoms with Gasteiger partial charge in [0.25, 0.3) is 0 Å². The van der Waals surface area contributed by atoms with Gasteiger partial charge in [-0.1, -0.05) is 19.9 Å². The fraction of sp³-hybridized carbons (Fsp3) is 0.333. The first kappa shape index (κ1) is 13.8.